The Labute approximate surface area is 81.2 Å². The van der Waals surface area contributed by atoms with Crippen LogP contribution in [0.3, 0.4) is 0 Å². The Bertz CT molecular complexity index is 226. The zero-order chi connectivity index (χ0) is 11.2. The van der Waals surface area contributed by atoms with E-state index in [9.17, 15) is 9.36 Å². The van der Waals surface area contributed by atoms with Crippen LogP contribution in [-0.4, -0.2) is 46.9 Å². The lowest BCUT2D eigenvalue weighted by Gasteiger charge is -2.14. The zero-order valence-corrected chi connectivity index (χ0v) is 8.61. The normalized spacial score (nSPS) is 13.9. The van der Waals surface area contributed by atoms with Crippen LogP contribution in [0, 0.1) is 0 Å². The van der Waals surface area contributed by atoms with Gasteiger partial charge in [0.1, 0.15) is 6.04 Å². The first-order valence-corrected chi connectivity index (χ1v) is 5.66. The third-order valence-corrected chi connectivity index (χ3v) is 2.05. The number of ether oxygens (including phenoxy) is 1. The van der Waals surface area contributed by atoms with Crippen LogP contribution in [0.5, 0.6) is 0 Å². The minimum Gasteiger partial charge on any atom is -0.480 e. The number of carbonyl (C=O) groups is 1. The Morgan fingerprint density at radius 2 is 2.14 bits per heavy atom. The summed E-state index contributed by atoms with van der Waals surface area (Å²) in [6.07, 6.45) is -0.487. The molecular weight excluding hydrogens is 213 g/mol. The average Bonchev–Trinajstić information content (AvgIpc) is 2.01. The SMILES string of the molecule is COCCC(NCP(=O)(O)O)C(=O)O. The minimum absolute atomic E-state index is 0.159. The molecule has 7 nitrogen and oxygen atoms in total. The molecule has 0 aromatic heterocycles. The Balaban J connectivity index is 3.98. The molecule has 0 aliphatic carbocycles. The molecule has 4 N–H and O–H groups in total. The fourth-order valence-corrected chi connectivity index (χ4v) is 1.24. The van der Waals surface area contributed by atoms with Gasteiger partial charge in [0.2, 0.25) is 0 Å². The molecule has 1 unspecified atom stereocenters. The molecule has 84 valence electrons. The second-order valence-electron chi connectivity index (χ2n) is 2.70. The van der Waals surface area contributed by atoms with Gasteiger partial charge in [-0.25, -0.2) is 0 Å². The van der Waals surface area contributed by atoms with Crippen LogP contribution in [0.2, 0.25) is 0 Å². The van der Waals surface area contributed by atoms with Gasteiger partial charge in [0.05, 0.1) is 6.29 Å². The van der Waals surface area contributed by atoms with Crippen molar-refractivity contribution in [3.05, 3.63) is 0 Å². The molecule has 0 rings (SSSR count). The van der Waals surface area contributed by atoms with Gasteiger partial charge in [0.25, 0.3) is 0 Å². The molecule has 0 bridgehead atoms. The van der Waals surface area contributed by atoms with E-state index in [1.54, 1.807) is 0 Å². The number of hydrogen-bond donors (Lipinski definition) is 4. The summed E-state index contributed by atoms with van der Waals surface area (Å²) in [5.41, 5.74) is 0. The van der Waals surface area contributed by atoms with Gasteiger partial charge < -0.3 is 19.6 Å². The van der Waals surface area contributed by atoms with Gasteiger partial charge in [-0.3, -0.25) is 14.7 Å². The Hall–Kier alpha value is -0.460. The Kier molecular flexibility index (Phi) is 5.90. The van der Waals surface area contributed by atoms with Crippen molar-refractivity contribution in [1.82, 2.24) is 5.32 Å². The van der Waals surface area contributed by atoms with Gasteiger partial charge in [0.15, 0.2) is 0 Å². The van der Waals surface area contributed by atoms with E-state index in [1.165, 1.54) is 7.11 Å². The van der Waals surface area contributed by atoms with E-state index >= 15 is 0 Å². The van der Waals surface area contributed by atoms with Crippen LogP contribution in [0.25, 0.3) is 0 Å². The number of rotatable bonds is 7. The largest absolute Gasteiger partial charge is 0.480 e. The maximum Gasteiger partial charge on any atom is 0.339 e. The van der Waals surface area contributed by atoms with E-state index in [-0.39, 0.29) is 13.0 Å². The predicted molar refractivity (Wildman–Crippen MR) is 48.0 cm³/mol. The van der Waals surface area contributed by atoms with Crippen LogP contribution < -0.4 is 5.32 Å². The third kappa shape index (κ3) is 6.99. The van der Waals surface area contributed by atoms with Crippen molar-refractivity contribution in [3.8, 4) is 0 Å². The van der Waals surface area contributed by atoms with Crippen molar-refractivity contribution in [2.24, 2.45) is 0 Å². The molecule has 0 aliphatic heterocycles. The monoisotopic (exact) mass is 227 g/mol. The summed E-state index contributed by atoms with van der Waals surface area (Å²) in [6, 6.07) is -0.998. The summed E-state index contributed by atoms with van der Waals surface area (Å²) in [6.45, 7) is 0.213. The lowest BCUT2D eigenvalue weighted by Crippen LogP contribution is -2.38. The molecule has 0 fully saturated rings. The van der Waals surface area contributed by atoms with Crippen LogP contribution in [-0.2, 0) is 14.1 Å². The lowest BCUT2D eigenvalue weighted by molar-refractivity contribution is -0.139. The first kappa shape index (κ1) is 13.5. The molecule has 0 saturated heterocycles. The predicted octanol–water partition coefficient (Wildman–Crippen LogP) is -0.799. The van der Waals surface area contributed by atoms with Crippen molar-refractivity contribution >= 4 is 13.6 Å². The molecule has 0 aliphatic rings. The van der Waals surface area contributed by atoms with E-state index in [4.69, 9.17) is 14.9 Å². The fourth-order valence-electron chi connectivity index (χ4n) is 0.778. The molecule has 0 aromatic rings. The van der Waals surface area contributed by atoms with Crippen LogP contribution in [0.1, 0.15) is 6.42 Å². The highest BCUT2D eigenvalue weighted by Crippen LogP contribution is 2.32. The summed E-state index contributed by atoms with van der Waals surface area (Å²) in [5.74, 6) is -1.16. The van der Waals surface area contributed by atoms with E-state index in [0.717, 1.165) is 0 Å². The minimum atomic E-state index is -4.21. The highest BCUT2D eigenvalue weighted by atomic mass is 31.2. The van der Waals surface area contributed by atoms with E-state index < -0.39 is 25.9 Å². The number of carboxylic acid groups (broad SMARTS) is 1. The van der Waals surface area contributed by atoms with Crippen LogP contribution in [0.15, 0.2) is 0 Å². The number of aliphatic carboxylic acids is 1. The van der Waals surface area contributed by atoms with Crippen LogP contribution >= 0.6 is 7.60 Å². The molecule has 0 heterocycles. The Morgan fingerprint density at radius 3 is 2.50 bits per heavy atom. The van der Waals surface area contributed by atoms with Gasteiger partial charge in [-0.2, -0.15) is 0 Å². The summed E-state index contributed by atoms with van der Waals surface area (Å²) < 4.78 is 15.1. The number of carboxylic acids is 1. The topological polar surface area (TPSA) is 116 Å². The number of nitrogens with one attached hydrogen (secondary N) is 1. The molecule has 1 atom stereocenters. The average molecular weight is 227 g/mol. The molecule has 0 spiro atoms. The fraction of sp³-hybridized carbons (Fsp3) is 0.833. The van der Waals surface area contributed by atoms with E-state index in [0.29, 0.717) is 0 Å². The first-order valence-electron chi connectivity index (χ1n) is 3.86. The van der Waals surface area contributed by atoms with E-state index in [2.05, 4.69) is 10.1 Å². The summed E-state index contributed by atoms with van der Waals surface area (Å²) in [4.78, 5) is 27.5. The zero-order valence-electron chi connectivity index (χ0n) is 7.71. The highest BCUT2D eigenvalue weighted by Gasteiger charge is 2.21. The Morgan fingerprint density at radius 1 is 1.57 bits per heavy atom. The lowest BCUT2D eigenvalue weighted by atomic mass is 10.2. The van der Waals surface area contributed by atoms with Crippen LogP contribution in [0.4, 0.5) is 0 Å². The van der Waals surface area contributed by atoms with Crippen molar-refractivity contribution in [2.45, 2.75) is 12.5 Å². The standard InChI is InChI=1S/C6H14NO6P/c1-13-3-2-5(6(8)9)7-4-14(10,11)12/h5,7H,2-4H2,1H3,(H,8,9)(H2,10,11,12). The molecular formula is C6H14NO6P. The smallest absolute Gasteiger partial charge is 0.339 e. The van der Waals surface area contributed by atoms with Gasteiger partial charge in [-0.1, -0.05) is 0 Å². The number of hydrogen-bond acceptors (Lipinski definition) is 4. The van der Waals surface area contributed by atoms with Crippen molar-refractivity contribution in [2.75, 3.05) is 20.0 Å². The van der Waals surface area contributed by atoms with Crippen molar-refractivity contribution < 1.29 is 29.0 Å². The molecule has 0 aromatic carbocycles. The maximum atomic E-state index is 10.6. The molecule has 0 amide bonds. The van der Waals surface area contributed by atoms with Gasteiger partial charge in [-0.05, 0) is 6.42 Å². The second kappa shape index (κ2) is 6.10. The molecule has 0 saturated carbocycles. The summed E-state index contributed by atoms with van der Waals surface area (Å²) in [7, 11) is -2.79. The summed E-state index contributed by atoms with van der Waals surface area (Å²) >= 11 is 0. The van der Waals surface area contributed by atoms with E-state index in [1.807, 2.05) is 0 Å². The van der Waals surface area contributed by atoms with Gasteiger partial charge >= 0.3 is 13.6 Å². The first-order chi connectivity index (χ1) is 6.37. The molecule has 14 heavy (non-hydrogen) atoms. The maximum absolute atomic E-state index is 10.6. The van der Waals surface area contributed by atoms with Gasteiger partial charge in [-0.15, -0.1) is 0 Å². The van der Waals surface area contributed by atoms with Crippen molar-refractivity contribution in [3.63, 3.8) is 0 Å². The second-order valence-corrected chi connectivity index (χ2v) is 4.34. The van der Waals surface area contributed by atoms with Gasteiger partial charge in [0, 0.05) is 13.7 Å². The quantitative estimate of drug-likeness (QED) is 0.421. The highest BCUT2D eigenvalue weighted by molar-refractivity contribution is 7.51. The molecule has 8 heteroatoms. The number of methoxy groups -OCH3 is 1. The summed E-state index contributed by atoms with van der Waals surface area (Å²) in [5, 5.41) is 10.9. The third-order valence-electron chi connectivity index (χ3n) is 1.45. The molecule has 0 radical (unpaired) electrons. The van der Waals surface area contributed by atoms with Crippen molar-refractivity contribution in [1.29, 1.82) is 0 Å².